The summed E-state index contributed by atoms with van der Waals surface area (Å²) >= 11 is 0. The van der Waals surface area contributed by atoms with Crippen LogP contribution in [0.25, 0.3) is 0 Å². The molecule has 0 fully saturated rings. The fraction of sp³-hybridized carbons (Fsp3) is 0.818. The van der Waals surface area contributed by atoms with Gasteiger partial charge in [0.2, 0.25) is 0 Å². The summed E-state index contributed by atoms with van der Waals surface area (Å²) in [5.74, 6) is -0.272. The van der Waals surface area contributed by atoms with Gasteiger partial charge >= 0.3 is 0 Å². The number of halogens is 1. The molecule has 0 bridgehead atoms. The number of nitrogens with zero attached hydrogens (tertiary/aromatic N) is 3. The van der Waals surface area contributed by atoms with E-state index in [0.29, 0.717) is 5.69 Å². The van der Waals surface area contributed by atoms with Gasteiger partial charge in [0.1, 0.15) is 0 Å². The highest BCUT2D eigenvalue weighted by molar-refractivity contribution is 5.02. The van der Waals surface area contributed by atoms with Crippen LogP contribution in [-0.4, -0.2) is 15.0 Å². The molecule has 15 heavy (non-hydrogen) atoms. The van der Waals surface area contributed by atoms with Crippen molar-refractivity contribution in [3.8, 4) is 0 Å². The van der Waals surface area contributed by atoms with E-state index in [0.717, 1.165) is 13.0 Å². The highest BCUT2D eigenvalue weighted by atomic mass is 19.1. The summed E-state index contributed by atoms with van der Waals surface area (Å²) in [5.41, 5.74) is 0.631. The molecule has 0 saturated heterocycles. The molecule has 1 aromatic heterocycles. The summed E-state index contributed by atoms with van der Waals surface area (Å²) in [7, 11) is 0. The second kappa shape index (κ2) is 5.83. The Bertz CT molecular complexity index is 294. The van der Waals surface area contributed by atoms with Crippen LogP contribution in [0.2, 0.25) is 0 Å². The Morgan fingerprint density at radius 3 is 2.60 bits per heavy atom. The third-order valence-electron chi connectivity index (χ3n) is 2.50. The predicted molar refractivity (Wildman–Crippen MR) is 58.2 cm³/mol. The normalized spacial score (nSPS) is 11.3. The fourth-order valence-corrected chi connectivity index (χ4v) is 1.69. The van der Waals surface area contributed by atoms with Crippen molar-refractivity contribution < 1.29 is 4.39 Å². The third kappa shape index (κ3) is 3.29. The second-order valence-corrected chi connectivity index (χ2v) is 4.20. The van der Waals surface area contributed by atoms with Crippen LogP contribution in [0.1, 0.15) is 58.1 Å². The summed E-state index contributed by atoms with van der Waals surface area (Å²) in [6, 6.07) is 0. The van der Waals surface area contributed by atoms with E-state index in [9.17, 15) is 4.39 Å². The minimum Gasteiger partial charge on any atom is -0.246 e. The lowest BCUT2D eigenvalue weighted by Gasteiger charge is -2.08. The number of aryl methyl sites for hydroxylation is 1. The van der Waals surface area contributed by atoms with Crippen LogP contribution in [0.4, 0.5) is 4.39 Å². The van der Waals surface area contributed by atoms with Crippen molar-refractivity contribution in [3.63, 3.8) is 0 Å². The van der Waals surface area contributed by atoms with Gasteiger partial charge < -0.3 is 0 Å². The van der Waals surface area contributed by atoms with E-state index >= 15 is 0 Å². The molecule has 0 amide bonds. The Labute approximate surface area is 90.7 Å². The molecule has 0 spiro atoms. The molecule has 0 aliphatic carbocycles. The monoisotopic (exact) mass is 213 g/mol. The van der Waals surface area contributed by atoms with Crippen molar-refractivity contribution in [2.75, 3.05) is 0 Å². The number of aromatic nitrogens is 3. The molecule has 0 N–H and O–H groups in total. The average molecular weight is 213 g/mol. The van der Waals surface area contributed by atoms with E-state index in [4.69, 9.17) is 0 Å². The quantitative estimate of drug-likeness (QED) is 0.680. The van der Waals surface area contributed by atoms with Crippen LogP contribution >= 0.6 is 0 Å². The smallest absolute Gasteiger partial charge is 0.246 e. The van der Waals surface area contributed by atoms with Crippen molar-refractivity contribution in [1.29, 1.82) is 0 Å². The first kappa shape index (κ1) is 12.1. The second-order valence-electron chi connectivity index (χ2n) is 4.20. The molecule has 0 atom stereocenters. The Morgan fingerprint density at radius 2 is 2.00 bits per heavy atom. The zero-order valence-electron chi connectivity index (χ0n) is 9.83. The van der Waals surface area contributed by atoms with Crippen molar-refractivity contribution >= 4 is 0 Å². The van der Waals surface area contributed by atoms with Gasteiger partial charge in [0.15, 0.2) is 0 Å². The van der Waals surface area contributed by atoms with Crippen LogP contribution < -0.4 is 0 Å². The van der Waals surface area contributed by atoms with Crippen molar-refractivity contribution in [2.45, 2.75) is 58.9 Å². The number of rotatable bonds is 6. The maximum Gasteiger partial charge on any atom is 0.256 e. The van der Waals surface area contributed by atoms with Gasteiger partial charge in [-0.2, -0.15) is 4.39 Å². The van der Waals surface area contributed by atoms with Gasteiger partial charge in [0.05, 0.1) is 5.69 Å². The Hall–Kier alpha value is -0.930. The third-order valence-corrected chi connectivity index (χ3v) is 2.50. The Kier molecular flexibility index (Phi) is 4.72. The first-order valence-electron chi connectivity index (χ1n) is 5.75. The molecule has 86 valence electrons. The highest BCUT2D eigenvalue weighted by Gasteiger charge is 2.15. The topological polar surface area (TPSA) is 30.7 Å². The molecular formula is C11H20FN3. The number of hydrogen-bond acceptors (Lipinski definition) is 2. The minimum atomic E-state index is -0.416. The van der Waals surface area contributed by atoms with E-state index in [1.54, 1.807) is 4.68 Å². The van der Waals surface area contributed by atoms with E-state index < -0.39 is 5.95 Å². The average Bonchev–Trinajstić information content (AvgIpc) is 2.54. The minimum absolute atomic E-state index is 0.145. The molecule has 3 nitrogen and oxygen atoms in total. The molecule has 0 aromatic carbocycles. The molecule has 1 rings (SSSR count). The fourth-order valence-electron chi connectivity index (χ4n) is 1.69. The molecule has 1 heterocycles. The van der Waals surface area contributed by atoms with Gasteiger partial charge in [-0.25, -0.2) is 4.68 Å². The standard InChI is InChI=1S/C11H20FN3/c1-4-5-6-7-8-15-10(9(2)3)11(12)13-14-15/h9H,4-8H2,1-3H3. The van der Waals surface area contributed by atoms with Crippen molar-refractivity contribution in [1.82, 2.24) is 15.0 Å². The van der Waals surface area contributed by atoms with E-state index in [1.165, 1.54) is 19.3 Å². The van der Waals surface area contributed by atoms with Crippen LogP contribution in [0, 0.1) is 5.95 Å². The van der Waals surface area contributed by atoms with Gasteiger partial charge in [-0.3, -0.25) is 0 Å². The van der Waals surface area contributed by atoms with Crippen LogP contribution in [-0.2, 0) is 6.54 Å². The van der Waals surface area contributed by atoms with E-state index in [1.807, 2.05) is 13.8 Å². The summed E-state index contributed by atoms with van der Waals surface area (Å²) in [6.07, 6.45) is 4.67. The largest absolute Gasteiger partial charge is 0.256 e. The maximum atomic E-state index is 13.2. The molecule has 0 unspecified atom stereocenters. The number of hydrogen-bond donors (Lipinski definition) is 0. The molecule has 0 saturated carbocycles. The maximum absolute atomic E-state index is 13.2. The van der Waals surface area contributed by atoms with Gasteiger partial charge in [0, 0.05) is 6.54 Å². The van der Waals surface area contributed by atoms with E-state index in [2.05, 4.69) is 17.2 Å². The van der Waals surface area contributed by atoms with Crippen LogP contribution in [0.3, 0.4) is 0 Å². The molecule has 0 aliphatic rings. The first-order chi connectivity index (χ1) is 7.16. The molecule has 0 aliphatic heterocycles. The van der Waals surface area contributed by atoms with Crippen molar-refractivity contribution in [2.24, 2.45) is 0 Å². The SMILES string of the molecule is CCCCCCn1nnc(F)c1C(C)C. The van der Waals surface area contributed by atoms with E-state index in [-0.39, 0.29) is 5.92 Å². The molecule has 0 radical (unpaired) electrons. The Balaban J connectivity index is 2.53. The summed E-state index contributed by atoms with van der Waals surface area (Å²) in [5, 5.41) is 7.31. The van der Waals surface area contributed by atoms with Gasteiger partial charge in [0.25, 0.3) is 5.95 Å². The molecular weight excluding hydrogens is 193 g/mol. The first-order valence-corrected chi connectivity index (χ1v) is 5.75. The summed E-state index contributed by atoms with van der Waals surface area (Å²) in [4.78, 5) is 0. The van der Waals surface area contributed by atoms with Gasteiger partial charge in [-0.1, -0.05) is 50.3 Å². The molecule has 4 heteroatoms. The molecule has 1 aromatic rings. The lowest BCUT2D eigenvalue weighted by molar-refractivity contribution is 0.499. The summed E-state index contributed by atoms with van der Waals surface area (Å²) in [6.45, 7) is 6.88. The predicted octanol–water partition coefficient (Wildman–Crippen LogP) is 3.12. The Morgan fingerprint density at radius 1 is 1.27 bits per heavy atom. The lowest BCUT2D eigenvalue weighted by Crippen LogP contribution is -2.07. The van der Waals surface area contributed by atoms with Crippen LogP contribution in [0.15, 0.2) is 0 Å². The number of unbranched alkanes of at least 4 members (excludes halogenated alkanes) is 3. The van der Waals surface area contributed by atoms with Crippen molar-refractivity contribution in [3.05, 3.63) is 11.6 Å². The lowest BCUT2D eigenvalue weighted by atomic mass is 10.1. The highest BCUT2D eigenvalue weighted by Crippen LogP contribution is 2.16. The van der Waals surface area contributed by atoms with Gasteiger partial charge in [-0.15, -0.1) is 0 Å². The van der Waals surface area contributed by atoms with Gasteiger partial charge in [-0.05, 0) is 12.3 Å². The zero-order valence-corrected chi connectivity index (χ0v) is 9.83. The summed E-state index contributed by atoms with van der Waals surface area (Å²) < 4.78 is 14.9. The zero-order chi connectivity index (χ0) is 11.3. The van der Waals surface area contributed by atoms with Crippen LogP contribution in [0.5, 0.6) is 0 Å².